The molecule has 5 heterocycles. The van der Waals surface area contributed by atoms with Gasteiger partial charge in [-0.15, -0.1) is 0 Å². The summed E-state index contributed by atoms with van der Waals surface area (Å²) in [6, 6.07) is 14.7. The van der Waals surface area contributed by atoms with Crippen molar-refractivity contribution in [1.82, 2.24) is 39.3 Å². The van der Waals surface area contributed by atoms with Gasteiger partial charge in [-0.1, -0.05) is 18.2 Å². The number of fused-ring (bicyclic) bond motifs is 2. The first kappa shape index (κ1) is 30.8. The van der Waals surface area contributed by atoms with Crippen LogP contribution in [-0.4, -0.2) is 111 Å². The van der Waals surface area contributed by atoms with E-state index >= 15 is 4.39 Å². The molecule has 3 aromatic heterocycles. The average molecular weight is 637 g/mol. The maximum atomic E-state index is 15.4. The molecule has 0 aliphatic carbocycles. The number of imidazole rings is 1. The Morgan fingerprint density at radius 3 is 2.49 bits per heavy atom. The summed E-state index contributed by atoms with van der Waals surface area (Å²) in [7, 11) is 1.42. The number of hydrogen-bond donors (Lipinski definition) is 0. The van der Waals surface area contributed by atoms with Crippen LogP contribution < -0.4 is 0 Å². The zero-order valence-electron chi connectivity index (χ0n) is 26.4. The van der Waals surface area contributed by atoms with E-state index in [1.54, 1.807) is 40.1 Å². The van der Waals surface area contributed by atoms with Crippen molar-refractivity contribution in [2.75, 3.05) is 59.5 Å². The minimum absolute atomic E-state index is 0.0667. The van der Waals surface area contributed by atoms with Crippen LogP contribution in [0, 0.1) is 11.7 Å². The maximum Gasteiger partial charge on any atom is 0.319 e. The number of likely N-dealkylation sites (tertiary alicyclic amines) is 1. The highest BCUT2D eigenvalue weighted by Crippen LogP contribution is 2.25. The van der Waals surface area contributed by atoms with Gasteiger partial charge in [-0.05, 0) is 54.7 Å². The fraction of sp³-hybridized carbons (Fsp3) is 0.371. The van der Waals surface area contributed by atoms with Crippen LogP contribution >= 0.6 is 0 Å². The van der Waals surface area contributed by atoms with Crippen molar-refractivity contribution in [3.63, 3.8) is 0 Å². The molecule has 0 unspecified atom stereocenters. The number of amides is 1. The van der Waals surface area contributed by atoms with E-state index in [0.29, 0.717) is 49.0 Å². The molecule has 7 rings (SSSR count). The van der Waals surface area contributed by atoms with Crippen molar-refractivity contribution in [2.24, 2.45) is 5.92 Å². The van der Waals surface area contributed by atoms with Gasteiger partial charge in [0.05, 0.1) is 42.8 Å². The molecular formula is C35H37FN8O3. The van der Waals surface area contributed by atoms with Crippen LogP contribution in [0.2, 0.25) is 0 Å². The zero-order valence-corrected chi connectivity index (χ0v) is 26.4. The summed E-state index contributed by atoms with van der Waals surface area (Å²) >= 11 is 0. The largest absolute Gasteiger partial charge is 0.468 e. The van der Waals surface area contributed by atoms with Crippen molar-refractivity contribution in [3.05, 3.63) is 89.8 Å². The Morgan fingerprint density at radius 2 is 1.70 bits per heavy atom. The van der Waals surface area contributed by atoms with Crippen LogP contribution in [0.25, 0.3) is 27.9 Å². The summed E-state index contributed by atoms with van der Waals surface area (Å²) in [4.78, 5) is 44.5. The number of piperazine rings is 1. The third kappa shape index (κ3) is 6.84. The van der Waals surface area contributed by atoms with Gasteiger partial charge in [0, 0.05) is 69.4 Å². The van der Waals surface area contributed by atoms with Crippen LogP contribution in [0.15, 0.2) is 67.1 Å². The Bertz CT molecular complexity index is 1910. The SMILES string of the molecule is COC(=O)CN1CCN(CC2CCN(C(=O)c3ccc(-c4cnc5ncc(Cc6ccc7ncccc7c6)n5n4)cc3F)CC2)CC1. The van der Waals surface area contributed by atoms with Gasteiger partial charge in [0.1, 0.15) is 11.5 Å². The van der Waals surface area contributed by atoms with Crippen molar-refractivity contribution in [1.29, 1.82) is 0 Å². The van der Waals surface area contributed by atoms with E-state index in [4.69, 9.17) is 9.84 Å². The van der Waals surface area contributed by atoms with E-state index in [-0.39, 0.29) is 17.4 Å². The number of nitrogens with zero attached hydrogens (tertiary/aromatic N) is 8. The minimum Gasteiger partial charge on any atom is -0.468 e. The lowest BCUT2D eigenvalue weighted by atomic mass is 9.95. The van der Waals surface area contributed by atoms with Gasteiger partial charge in [0.15, 0.2) is 0 Å². The number of piperidine rings is 1. The molecule has 0 atom stereocenters. The summed E-state index contributed by atoms with van der Waals surface area (Å²) in [5, 5.41) is 5.80. The van der Waals surface area contributed by atoms with Gasteiger partial charge in [0.2, 0.25) is 0 Å². The van der Waals surface area contributed by atoms with Gasteiger partial charge in [-0.25, -0.2) is 18.9 Å². The molecule has 12 heteroatoms. The number of carbonyl (C=O) groups excluding carboxylic acids is 2. The fourth-order valence-electron chi connectivity index (χ4n) is 6.60. The van der Waals surface area contributed by atoms with E-state index < -0.39 is 5.82 Å². The molecule has 242 valence electrons. The molecule has 2 saturated heterocycles. The maximum absolute atomic E-state index is 15.4. The van der Waals surface area contributed by atoms with Gasteiger partial charge >= 0.3 is 5.97 Å². The van der Waals surface area contributed by atoms with E-state index in [2.05, 4.69) is 30.8 Å². The molecule has 0 bridgehead atoms. The Labute approximate surface area is 272 Å². The number of aromatic nitrogens is 5. The molecule has 0 spiro atoms. The Balaban J connectivity index is 0.970. The summed E-state index contributed by atoms with van der Waals surface area (Å²) in [5.41, 5.74) is 3.98. The van der Waals surface area contributed by atoms with Crippen molar-refractivity contribution in [3.8, 4) is 11.3 Å². The molecule has 2 fully saturated rings. The number of ether oxygens (including phenoxy) is 1. The van der Waals surface area contributed by atoms with Gasteiger partial charge < -0.3 is 14.5 Å². The number of methoxy groups -OCH3 is 1. The van der Waals surface area contributed by atoms with E-state index in [1.807, 2.05) is 24.3 Å². The molecule has 1 amide bonds. The highest BCUT2D eigenvalue weighted by atomic mass is 19.1. The lowest BCUT2D eigenvalue weighted by molar-refractivity contribution is -0.142. The molecule has 0 radical (unpaired) electrons. The van der Waals surface area contributed by atoms with Gasteiger partial charge in [-0.2, -0.15) is 5.10 Å². The lowest BCUT2D eigenvalue weighted by Gasteiger charge is -2.38. The molecule has 0 N–H and O–H groups in total. The number of pyridine rings is 1. The summed E-state index contributed by atoms with van der Waals surface area (Å²) in [6.07, 6.45) is 7.47. The second-order valence-corrected chi connectivity index (χ2v) is 12.4. The fourth-order valence-corrected chi connectivity index (χ4v) is 6.60. The molecule has 11 nitrogen and oxygen atoms in total. The molecule has 2 aromatic carbocycles. The topological polar surface area (TPSA) is 109 Å². The quantitative estimate of drug-likeness (QED) is 0.236. The van der Waals surface area contributed by atoms with Crippen molar-refractivity contribution < 1.29 is 18.7 Å². The predicted molar refractivity (Wildman–Crippen MR) is 174 cm³/mol. The third-order valence-electron chi connectivity index (χ3n) is 9.31. The highest BCUT2D eigenvalue weighted by molar-refractivity contribution is 5.95. The number of esters is 1. The normalized spacial score (nSPS) is 16.6. The number of carbonyl (C=O) groups is 2. The van der Waals surface area contributed by atoms with Gasteiger partial charge in [-0.3, -0.25) is 19.5 Å². The van der Waals surface area contributed by atoms with Crippen LogP contribution in [0.3, 0.4) is 0 Å². The minimum atomic E-state index is -0.572. The number of halogens is 1. The first-order valence-electron chi connectivity index (χ1n) is 16.1. The van der Waals surface area contributed by atoms with E-state index in [1.165, 1.54) is 13.2 Å². The smallest absolute Gasteiger partial charge is 0.319 e. The number of benzene rings is 2. The first-order chi connectivity index (χ1) is 22.9. The predicted octanol–water partition coefficient (Wildman–Crippen LogP) is 3.71. The van der Waals surface area contributed by atoms with Gasteiger partial charge in [0.25, 0.3) is 11.7 Å². The molecule has 2 aliphatic heterocycles. The second kappa shape index (κ2) is 13.5. The van der Waals surface area contributed by atoms with E-state index in [9.17, 15) is 9.59 Å². The Morgan fingerprint density at radius 1 is 0.915 bits per heavy atom. The third-order valence-corrected chi connectivity index (χ3v) is 9.31. The molecule has 2 aliphatic rings. The summed E-state index contributed by atoms with van der Waals surface area (Å²) in [5.74, 6) is -0.113. The number of rotatable bonds is 8. The lowest BCUT2D eigenvalue weighted by Crippen LogP contribution is -2.50. The Hall–Kier alpha value is -4.81. The highest BCUT2D eigenvalue weighted by Gasteiger charge is 2.28. The second-order valence-electron chi connectivity index (χ2n) is 12.4. The molecular weight excluding hydrogens is 599 g/mol. The summed E-state index contributed by atoms with van der Waals surface area (Å²) < 4.78 is 21.9. The zero-order chi connectivity index (χ0) is 32.3. The van der Waals surface area contributed by atoms with Crippen molar-refractivity contribution in [2.45, 2.75) is 19.3 Å². The summed E-state index contributed by atoms with van der Waals surface area (Å²) in [6.45, 7) is 6.02. The number of hydrogen-bond acceptors (Lipinski definition) is 9. The standard InChI is InChI=1S/C35H37FN8O3/c1-47-33(45)23-42-15-13-41(14-16-42)22-24-8-11-43(12-9-24)34(46)29-6-5-27(19-30(29)36)32-21-39-35-38-20-28(44(35)40-32)18-25-4-7-31-26(17-25)3-2-10-37-31/h2-7,10,17,19-21,24H,8-9,11-16,18,22-23H2,1H3. The molecule has 5 aromatic rings. The van der Waals surface area contributed by atoms with Crippen LogP contribution in [0.5, 0.6) is 0 Å². The monoisotopic (exact) mass is 636 g/mol. The first-order valence-corrected chi connectivity index (χ1v) is 16.1. The average Bonchev–Trinajstić information content (AvgIpc) is 3.50. The van der Waals surface area contributed by atoms with E-state index in [0.717, 1.165) is 67.7 Å². The Kier molecular flexibility index (Phi) is 8.86. The van der Waals surface area contributed by atoms with Crippen LogP contribution in [0.4, 0.5) is 4.39 Å². The molecule has 47 heavy (non-hydrogen) atoms. The van der Waals surface area contributed by atoms with Crippen molar-refractivity contribution >= 4 is 28.6 Å². The van der Waals surface area contributed by atoms with Crippen LogP contribution in [-0.2, 0) is 16.0 Å². The van der Waals surface area contributed by atoms with Crippen LogP contribution in [0.1, 0.15) is 34.5 Å². The molecule has 0 saturated carbocycles.